The summed E-state index contributed by atoms with van der Waals surface area (Å²) in [5.74, 6) is 0.00607. The van der Waals surface area contributed by atoms with Crippen LogP contribution in [0.2, 0.25) is 0 Å². The average Bonchev–Trinajstić information content (AvgIpc) is 2.82. The minimum absolute atomic E-state index is 0.00607. The quantitative estimate of drug-likeness (QED) is 0.836. The fourth-order valence-electron chi connectivity index (χ4n) is 1.49. The van der Waals surface area contributed by atoms with E-state index in [2.05, 4.69) is 39.4 Å². The molecule has 1 aromatic heterocycles. The fourth-order valence-corrected chi connectivity index (χ4v) is 2.84. The van der Waals surface area contributed by atoms with Crippen LogP contribution in [0.15, 0.2) is 41.8 Å². The molecule has 1 heterocycles. The molecule has 2 aromatic rings. The highest BCUT2D eigenvalue weighted by Gasteiger charge is 2.07. The highest BCUT2D eigenvalue weighted by atomic mass is 127. The number of benzene rings is 1. The lowest BCUT2D eigenvalue weighted by molar-refractivity contribution is 0.0953. The van der Waals surface area contributed by atoms with Crippen molar-refractivity contribution in [3.63, 3.8) is 0 Å². The summed E-state index contributed by atoms with van der Waals surface area (Å²) in [5.41, 5.74) is 0.749. The van der Waals surface area contributed by atoms with Crippen LogP contribution in [-0.4, -0.2) is 12.5 Å². The molecule has 0 saturated carbocycles. The summed E-state index contributed by atoms with van der Waals surface area (Å²) in [6, 6.07) is 11.7. The van der Waals surface area contributed by atoms with Gasteiger partial charge in [0.25, 0.3) is 5.91 Å². The highest BCUT2D eigenvalue weighted by Crippen LogP contribution is 2.11. The summed E-state index contributed by atoms with van der Waals surface area (Å²) < 4.78 is 0.985. The van der Waals surface area contributed by atoms with E-state index >= 15 is 0 Å². The van der Waals surface area contributed by atoms with E-state index in [0.29, 0.717) is 6.54 Å². The zero-order chi connectivity index (χ0) is 12.1. The second-order valence-corrected chi connectivity index (χ2v) is 5.76. The molecule has 0 aliphatic heterocycles. The minimum atomic E-state index is 0.00607. The van der Waals surface area contributed by atoms with Gasteiger partial charge in [0.05, 0.1) is 5.56 Å². The van der Waals surface area contributed by atoms with E-state index in [9.17, 15) is 4.79 Å². The molecule has 0 atom stereocenters. The molecular weight excluding hydrogens is 345 g/mol. The maximum absolute atomic E-state index is 11.9. The standard InChI is InChI=1S/C13H12INOS/c14-12-6-2-1-5-11(12)13(16)15-8-7-10-4-3-9-17-10/h1-6,9H,7-8H2,(H,15,16). The van der Waals surface area contributed by atoms with Crippen LogP contribution >= 0.6 is 33.9 Å². The van der Waals surface area contributed by atoms with E-state index in [0.717, 1.165) is 15.6 Å². The topological polar surface area (TPSA) is 29.1 Å². The molecule has 1 N–H and O–H groups in total. The number of carbonyl (C=O) groups excluding carboxylic acids is 1. The van der Waals surface area contributed by atoms with E-state index in [1.165, 1.54) is 4.88 Å². The average molecular weight is 357 g/mol. The predicted molar refractivity (Wildman–Crippen MR) is 79.5 cm³/mol. The van der Waals surface area contributed by atoms with Crippen molar-refractivity contribution >= 4 is 39.8 Å². The molecule has 2 nitrogen and oxygen atoms in total. The van der Waals surface area contributed by atoms with Gasteiger partial charge in [-0.25, -0.2) is 0 Å². The van der Waals surface area contributed by atoms with Gasteiger partial charge < -0.3 is 5.32 Å². The van der Waals surface area contributed by atoms with Gasteiger partial charge in [-0.3, -0.25) is 4.79 Å². The molecule has 0 bridgehead atoms. The van der Waals surface area contributed by atoms with Crippen LogP contribution < -0.4 is 5.32 Å². The van der Waals surface area contributed by atoms with Crippen molar-refractivity contribution in [2.24, 2.45) is 0 Å². The van der Waals surface area contributed by atoms with Crippen LogP contribution in [0.1, 0.15) is 15.2 Å². The molecule has 17 heavy (non-hydrogen) atoms. The molecular formula is C13H12INOS. The third-order valence-electron chi connectivity index (χ3n) is 2.36. The molecule has 1 amide bonds. The molecule has 0 aliphatic carbocycles. The maximum Gasteiger partial charge on any atom is 0.252 e. The number of rotatable bonds is 4. The van der Waals surface area contributed by atoms with Gasteiger partial charge >= 0.3 is 0 Å². The number of halogens is 1. The normalized spacial score (nSPS) is 10.2. The summed E-state index contributed by atoms with van der Waals surface area (Å²) in [6.45, 7) is 0.685. The van der Waals surface area contributed by atoms with Crippen LogP contribution in [0.3, 0.4) is 0 Å². The summed E-state index contributed by atoms with van der Waals surface area (Å²) in [4.78, 5) is 13.2. The molecule has 4 heteroatoms. The van der Waals surface area contributed by atoms with E-state index in [4.69, 9.17) is 0 Å². The molecule has 2 rings (SSSR count). The Labute approximate surface area is 118 Å². The van der Waals surface area contributed by atoms with E-state index < -0.39 is 0 Å². The second-order valence-electron chi connectivity index (χ2n) is 3.57. The molecule has 0 radical (unpaired) electrons. The Morgan fingerprint density at radius 3 is 2.76 bits per heavy atom. The molecule has 0 unspecified atom stereocenters. The number of nitrogens with one attached hydrogen (secondary N) is 1. The Kier molecular flexibility index (Phi) is 4.56. The first-order valence-corrected chi connectivity index (χ1v) is 7.28. The predicted octanol–water partition coefficient (Wildman–Crippen LogP) is 3.33. The summed E-state index contributed by atoms with van der Waals surface area (Å²) in [5, 5.41) is 4.99. The highest BCUT2D eigenvalue weighted by molar-refractivity contribution is 14.1. The number of thiophene rings is 1. The zero-order valence-electron chi connectivity index (χ0n) is 9.15. The zero-order valence-corrected chi connectivity index (χ0v) is 12.1. The van der Waals surface area contributed by atoms with Gasteiger partial charge in [0, 0.05) is 15.0 Å². The van der Waals surface area contributed by atoms with Gasteiger partial charge in [0.15, 0.2) is 0 Å². The Hall–Kier alpha value is -0.880. The number of carbonyl (C=O) groups is 1. The molecule has 0 spiro atoms. The summed E-state index contributed by atoms with van der Waals surface area (Å²) >= 11 is 3.90. The Balaban J connectivity index is 1.88. The van der Waals surface area contributed by atoms with Gasteiger partial charge in [-0.1, -0.05) is 18.2 Å². The summed E-state index contributed by atoms with van der Waals surface area (Å²) in [7, 11) is 0. The molecule has 1 aromatic carbocycles. The van der Waals surface area contributed by atoms with Gasteiger partial charge in [-0.2, -0.15) is 0 Å². The molecule has 0 fully saturated rings. The lowest BCUT2D eigenvalue weighted by Crippen LogP contribution is -2.26. The Morgan fingerprint density at radius 1 is 1.24 bits per heavy atom. The first-order chi connectivity index (χ1) is 8.27. The Morgan fingerprint density at radius 2 is 2.06 bits per heavy atom. The van der Waals surface area contributed by atoms with Crippen molar-refractivity contribution in [3.8, 4) is 0 Å². The third-order valence-corrected chi connectivity index (χ3v) is 4.23. The first kappa shape index (κ1) is 12.6. The number of amides is 1. The third kappa shape index (κ3) is 3.54. The van der Waals surface area contributed by atoms with Crippen molar-refractivity contribution in [2.75, 3.05) is 6.54 Å². The molecule has 0 saturated heterocycles. The molecule has 88 valence electrons. The molecule has 0 aliphatic rings. The fraction of sp³-hybridized carbons (Fsp3) is 0.154. The van der Waals surface area contributed by atoms with E-state index in [1.807, 2.05) is 30.3 Å². The van der Waals surface area contributed by atoms with E-state index in [1.54, 1.807) is 11.3 Å². The SMILES string of the molecule is O=C(NCCc1cccs1)c1ccccc1I. The van der Waals surface area contributed by atoms with Crippen LogP contribution in [0.5, 0.6) is 0 Å². The van der Waals surface area contributed by atoms with Crippen molar-refractivity contribution in [2.45, 2.75) is 6.42 Å². The largest absolute Gasteiger partial charge is 0.352 e. The van der Waals surface area contributed by atoms with Gasteiger partial charge in [-0.15, -0.1) is 11.3 Å². The number of hydrogen-bond donors (Lipinski definition) is 1. The first-order valence-electron chi connectivity index (χ1n) is 5.32. The lowest BCUT2D eigenvalue weighted by Gasteiger charge is -2.05. The van der Waals surface area contributed by atoms with Crippen LogP contribution in [0, 0.1) is 3.57 Å². The maximum atomic E-state index is 11.9. The summed E-state index contributed by atoms with van der Waals surface area (Å²) in [6.07, 6.45) is 0.896. The minimum Gasteiger partial charge on any atom is -0.352 e. The van der Waals surface area contributed by atoms with Crippen molar-refractivity contribution in [3.05, 3.63) is 55.8 Å². The second kappa shape index (κ2) is 6.16. The van der Waals surface area contributed by atoms with Crippen LogP contribution in [0.4, 0.5) is 0 Å². The van der Waals surface area contributed by atoms with Gasteiger partial charge in [0.1, 0.15) is 0 Å². The van der Waals surface area contributed by atoms with E-state index in [-0.39, 0.29) is 5.91 Å². The monoisotopic (exact) mass is 357 g/mol. The lowest BCUT2D eigenvalue weighted by atomic mass is 10.2. The van der Waals surface area contributed by atoms with Gasteiger partial charge in [-0.05, 0) is 52.6 Å². The number of hydrogen-bond acceptors (Lipinski definition) is 2. The van der Waals surface area contributed by atoms with Crippen molar-refractivity contribution in [1.82, 2.24) is 5.32 Å². The van der Waals surface area contributed by atoms with Crippen molar-refractivity contribution < 1.29 is 4.79 Å². The smallest absolute Gasteiger partial charge is 0.252 e. The van der Waals surface area contributed by atoms with Crippen LogP contribution in [0.25, 0.3) is 0 Å². The van der Waals surface area contributed by atoms with Gasteiger partial charge in [0.2, 0.25) is 0 Å². The van der Waals surface area contributed by atoms with Crippen molar-refractivity contribution in [1.29, 1.82) is 0 Å². The van der Waals surface area contributed by atoms with Crippen LogP contribution in [-0.2, 0) is 6.42 Å². The Bertz CT molecular complexity index is 496.